The molecule has 0 spiro atoms. The van der Waals surface area contributed by atoms with Gasteiger partial charge < -0.3 is 5.11 Å². The molecule has 14 heavy (non-hydrogen) atoms. The largest absolute Gasteiger partial charge is 0.507 e. The van der Waals surface area contributed by atoms with Crippen molar-refractivity contribution in [3.05, 3.63) is 24.3 Å². The molecule has 0 saturated carbocycles. The highest BCUT2D eigenvalue weighted by molar-refractivity contribution is 7.89. The van der Waals surface area contributed by atoms with E-state index >= 15 is 0 Å². The van der Waals surface area contributed by atoms with E-state index in [9.17, 15) is 13.5 Å². The number of phenolic OH excluding ortho intramolecular Hbond substituents is 1. The molecule has 0 aliphatic carbocycles. The monoisotopic (exact) mass is 216 g/mol. The number of para-hydroxylation sites is 1. The second kappa shape index (κ2) is 3.95. The Labute approximate surface area is 83.0 Å². The molecule has 1 rings (SSSR count). The number of nitrogens with zero attached hydrogens (tertiary/aromatic N) is 1. The number of sulfonamides is 1. The molecule has 2 N–H and O–H groups in total. The van der Waals surface area contributed by atoms with Gasteiger partial charge in [-0.05, 0) is 12.1 Å². The van der Waals surface area contributed by atoms with Crippen molar-refractivity contribution >= 4 is 10.0 Å². The minimum atomic E-state index is -3.66. The number of hydrazine groups is 1. The second-order valence-corrected chi connectivity index (χ2v) is 4.59. The topological polar surface area (TPSA) is 69.6 Å². The van der Waals surface area contributed by atoms with Gasteiger partial charge in [-0.25, -0.2) is 13.4 Å². The van der Waals surface area contributed by atoms with Crippen molar-refractivity contribution in [1.82, 2.24) is 9.84 Å². The number of hydrogen-bond acceptors (Lipinski definition) is 4. The van der Waals surface area contributed by atoms with Gasteiger partial charge in [0.15, 0.2) is 0 Å². The van der Waals surface area contributed by atoms with Crippen molar-refractivity contribution in [1.29, 1.82) is 0 Å². The number of rotatable bonds is 3. The number of phenols is 1. The van der Waals surface area contributed by atoms with Gasteiger partial charge in [-0.15, -0.1) is 4.83 Å². The van der Waals surface area contributed by atoms with Gasteiger partial charge >= 0.3 is 0 Å². The molecular formula is C8H12N2O3S. The van der Waals surface area contributed by atoms with Crippen LogP contribution in [0.1, 0.15) is 0 Å². The molecule has 0 radical (unpaired) electrons. The summed E-state index contributed by atoms with van der Waals surface area (Å²) in [7, 11) is -0.558. The third-order valence-electron chi connectivity index (χ3n) is 1.46. The molecule has 5 nitrogen and oxygen atoms in total. The molecule has 0 heterocycles. The van der Waals surface area contributed by atoms with E-state index in [-0.39, 0.29) is 10.6 Å². The Balaban J connectivity index is 3.11. The summed E-state index contributed by atoms with van der Waals surface area (Å²) >= 11 is 0. The maximum absolute atomic E-state index is 11.6. The Morgan fingerprint density at radius 2 is 1.86 bits per heavy atom. The van der Waals surface area contributed by atoms with Crippen molar-refractivity contribution in [2.24, 2.45) is 0 Å². The van der Waals surface area contributed by atoms with Gasteiger partial charge in [0.2, 0.25) is 0 Å². The summed E-state index contributed by atoms with van der Waals surface area (Å²) in [6.07, 6.45) is 0. The summed E-state index contributed by atoms with van der Waals surface area (Å²) in [4.78, 5) is 2.09. The zero-order valence-corrected chi connectivity index (χ0v) is 8.75. The Kier molecular flexibility index (Phi) is 3.10. The van der Waals surface area contributed by atoms with Crippen LogP contribution in [0.4, 0.5) is 0 Å². The molecule has 0 amide bonds. The molecule has 0 saturated heterocycles. The van der Waals surface area contributed by atoms with E-state index in [1.807, 2.05) is 0 Å². The Morgan fingerprint density at radius 3 is 2.36 bits per heavy atom. The summed E-state index contributed by atoms with van der Waals surface area (Å²) in [6.45, 7) is 0. The van der Waals surface area contributed by atoms with E-state index in [2.05, 4.69) is 4.83 Å². The zero-order valence-electron chi connectivity index (χ0n) is 7.93. The van der Waals surface area contributed by atoms with Crippen LogP contribution in [0.5, 0.6) is 5.75 Å². The number of hydrogen-bond donors (Lipinski definition) is 2. The van der Waals surface area contributed by atoms with Crippen molar-refractivity contribution in [2.75, 3.05) is 14.1 Å². The first kappa shape index (κ1) is 11.0. The van der Waals surface area contributed by atoms with Gasteiger partial charge in [-0.3, -0.25) is 0 Å². The number of aromatic hydroxyl groups is 1. The normalized spacial score (nSPS) is 11.9. The highest BCUT2D eigenvalue weighted by Gasteiger charge is 2.17. The van der Waals surface area contributed by atoms with Crippen LogP contribution in [0, 0.1) is 0 Å². The van der Waals surface area contributed by atoms with Crippen LogP contribution in [-0.4, -0.2) is 32.6 Å². The molecule has 0 aliphatic rings. The van der Waals surface area contributed by atoms with Crippen molar-refractivity contribution in [3.8, 4) is 5.75 Å². The molecule has 1 aromatic rings. The Hall–Kier alpha value is -1.11. The fourth-order valence-corrected chi connectivity index (χ4v) is 2.15. The van der Waals surface area contributed by atoms with Crippen LogP contribution in [0.15, 0.2) is 29.2 Å². The van der Waals surface area contributed by atoms with E-state index in [4.69, 9.17) is 0 Å². The molecule has 0 bridgehead atoms. The molecule has 1 aromatic carbocycles. The van der Waals surface area contributed by atoms with Gasteiger partial charge in [-0.2, -0.15) is 0 Å². The van der Waals surface area contributed by atoms with E-state index < -0.39 is 10.0 Å². The van der Waals surface area contributed by atoms with Gasteiger partial charge in [0.1, 0.15) is 10.6 Å². The summed E-state index contributed by atoms with van der Waals surface area (Å²) in [5.41, 5.74) is 0. The lowest BCUT2D eigenvalue weighted by molar-refractivity contribution is 0.362. The molecule has 78 valence electrons. The van der Waals surface area contributed by atoms with E-state index in [1.54, 1.807) is 26.2 Å². The molecule has 0 atom stereocenters. The molecule has 0 fully saturated rings. The van der Waals surface area contributed by atoms with Gasteiger partial charge in [0.05, 0.1) is 0 Å². The molecule has 0 aliphatic heterocycles. The smallest absolute Gasteiger partial charge is 0.257 e. The molecule has 0 unspecified atom stereocenters. The van der Waals surface area contributed by atoms with E-state index in [1.165, 1.54) is 17.1 Å². The number of benzene rings is 1. The fourth-order valence-electron chi connectivity index (χ4n) is 0.974. The Bertz CT molecular complexity index is 414. The average Bonchev–Trinajstić information content (AvgIpc) is 2.02. The lowest BCUT2D eigenvalue weighted by atomic mass is 10.3. The highest BCUT2D eigenvalue weighted by Crippen LogP contribution is 2.20. The predicted molar refractivity (Wildman–Crippen MR) is 52.1 cm³/mol. The first-order valence-electron chi connectivity index (χ1n) is 3.91. The van der Waals surface area contributed by atoms with Gasteiger partial charge in [-0.1, -0.05) is 12.1 Å². The summed E-state index contributed by atoms with van der Waals surface area (Å²) in [5.74, 6) is -0.262. The van der Waals surface area contributed by atoms with Crippen LogP contribution in [-0.2, 0) is 10.0 Å². The van der Waals surface area contributed by atoms with Crippen LogP contribution in [0.3, 0.4) is 0 Å². The third kappa shape index (κ3) is 2.44. The van der Waals surface area contributed by atoms with Crippen molar-refractivity contribution in [2.45, 2.75) is 4.90 Å². The predicted octanol–water partition coefficient (Wildman–Crippen LogP) is 0.147. The minimum Gasteiger partial charge on any atom is -0.507 e. The lowest BCUT2D eigenvalue weighted by Gasteiger charge is -2.12. The van der Waals surface area contributed by atoms with Crippen LogP contribution in [0.2, 0.25) is 0 Å². The molecule has 6 heteroatoms. The van der Waals surface area contributed by atoms with Crippen LogP contribution >= 0.6 is 0 Å². The molecular weight excluding hydrogens is 204 g/mol. The maximum atomic E-state index is 11.6. The maximum Gasteiger partial charge on any atom is 0.257 e. The SMILES string of the molecule is CN(C)NS(=O)(=O)c1ccccc1O. The van der Waals surface area contributed by atoms with Gasteiger partial charge in [0.25, 0.3) is 10.0 Å². The van der Waals surface area contributed by atoms with E-state index in [0.29, 0.717) is 0 Å². The summed E-state index contributed by atoms with van der Waals surface area (Å²) < 4.78 is 23.1. The van der Waals surface area contributed by atoms with Crippen molar-refractivity contribution in [3.63, 3.8) is 0 Å². The number of nitrogens with one attached hydrogen (secondary N) is 1. The second-order valence-electron chi connectivity index (χ2n) is 2.96. The lowest BCUT2D eigenvalue weighted by Crippen LogP contribution is -2.36. The first-order chi connectivity index (χ1) is 6.43. The first-order valence-corrected chi connectivity index (χ1v) is 5.39. The third-order valence-corrected chi connectivity index (χ3v) is 2.99. The fraction of sp³-hybridized carbons (Fsp3) is 0.250. The van der Waals surface area contributed by atoms with Crippen molar-refractivity contribution < 1.29 is 13.5 Å². The molecule has 0 aromatic heterocycles. The average molecular weight is 216 g/mol. The standard InChI is InChI=1S/C8H12N2O3S/c1-10(2)9-14(12,13)8-6-4-3-5-7(8)11/h3-6,9,11H,1-2H3. The zero-order chi connectivity index (χ0) is 10.8. The quantitative estimate of drug-likeness (QED) is 0.705. The van der Waals surface area contributed by atoms with Crippen LogP contribution in [0.25, 0.3) is 0 Å². The van der Waals surface area contributed by atoms with Gasteiger partial charge in [0, 0.05) is 14.1 Å². The minimum absolute atomic E-state index is 0.131. The van der Waals surface area contributed by atoms with E-state index in [0.717, 1.165) is 0 Å². The summed E-state index contributed by atoms with van der Waals surface area (Å²) in [5, 5.41) is 10.6. The Morgan fingerprint density at radius 1 is 1.29 bits per heavy atom. The summed E-state index contributed by atoms with van der Waals surface area (Å²) in [6, 6.07) is 5.76. The highest BCUT2D eigenvalue weighted by atomic mass is 32.2. The van der Waals surface area contributed by atoms with Crippen LogP contribution < -0.4 is 4.83 Å².